The van der Waals surface area contributed by atoms with Crippen LogP contribution in [0.4, 0.5) is 5.69 Å². The zero-order chi connectivity index (χ0) is 30.8. The van der Waals surface area contributed by atoms with Crippen LogP contribution in [0.3, 0.4) is 0 Å². The van der Waals surface area contributed by atoms with Gasteiger partial charge in [0, 0.05) is 25.3 Å². The molecule has 0 fully saturated rings. The molecule has 4 rings (SSSR count). The maximum absolute atomic E-state index is 13.1. The van der Waals surface area contributed by atoms with E-state index in [2.05, 4.69) is 15.8 Å². The van der Waals surface area contributed by atoms with Crippen molar-refractivity contribution >= 4 is 47.4 Å². The van der Waals surface area contributed by atoms with Crippen molar-refractivity contribution in [1.82, 2.24) is 10.7 Å². The molecule has 0 unspecified atom stereocenters. The number of carbonyl (C=O) groups excluding carboxylic acids is 3. The van der Waals surface area contributed by atoms with E-state index >= 15 is 0 Å². The monoisotopic (exact) mass is 596 g/mol. The molecule has 0 aliphatic carbocycles. The summed E-state index contributed by atoms with van der Waals surface area (Å²) in [5, 5.41) is 6.99. The molecule has 0 spiro atoms. The molecule has 0 heterocycles. The van der Waals surface area contributed by atoms with Crippen LogP contribution in [-0.2, 0) is 4.79 Å². The number of anilines is 1. The molecule has 0 saturated carbocycles. The van der Waals surface area contributed by atoms with Crippen LogP contribution in [-0.4, -0.2) is 45.2 Å². The normalized spacial score (nSPS) is 11.1. The van der Waals surface area contributed by atoms with E-state index in [-0.39, 0.29) is 27.8 Å². The van der Waals surface area contributed by atoms with Gasteiger partial charge >= 0.3 is 5.97 Å². The molecule has 0 saturated heterocycles. The van der Waals surface area contributed by atoms with Crippen molar-refractivity contribution in [3.05, 3.63) is 130 Å². The fourth-order valence-corrected chi connectivity index (χ4v) is 4.05. The number of carbonyl (C=O) groups is 3. The summed E-state index contributed by atoms with van der Waals surface area (Å²) < 4.78 is 10.8. The quantitative estimate of drug-likeness (QED) is 0.0816. The lowest BCUT2D eigenvalue weighted by atomic mass is 10.1. The number of nitrogens with one attached hydrogen (secondary N) is 2. The zero-order valence-corrected chi connectivity index (χ0v) is 24.5. The second-order valence-corrected chi connectivity index (χ2v) is 9.75. The van der Waals surface area contributed by atoms with Gasteiger partial charge in [0.1, 0.15) is 5.70 Å². The standard InChI is InChI=1S/C33H29ClN4O5/c1-38(2)25-16-13-22(14-17-25)19-28(36-31(39)24-9-5-4-6-10-24)32(40)37-35-21-23-15-18-29(30(20-23)42-3)43-33(41)26-11-7-8-12-27(26)34/h4-21H,1-3H3,(H,36,39)(H,37,40). The lowest BCUT2D eigenvalue weighted by molar-refractivity contribution is -0.117. The Bertz CT molecular complexity index is 1670. The molecule has 218 valence electrons. The van der Waals surface area contributed by atoms with E-state index in [9.17, 15) is 14.4 Å². The average Bonchev–Trinajstić information content (AvgIpc) is 3.02. The van der Waals surface area contributed by atoms with Crippen LogP contribution in [0.15, 0.2) is 108 Å². The first-order valence-corrected chi connectivity index (χ1v) is 13.5. The topological polar surface area (TPSA) is 109 Å². The van der Waals surface area contributed by atoms with Gasteiger partial charge in [0.2, 0.25) is 0 Å². The molecule has 9 nitrogen and oxygen atoms in total. The van der Waals surface area contributed by atoms with Gasteiger partial charge in [-0.15, -0.1) is 0 Å². The minimum Gasteiger partial charge on any atom is -0.493 e. The first-order chi connectivity index (χ1) is 20.7. The van der Waals surface area contributed by atoms with E-state index in [0.29, 0.717) is 16.7 Å². The van der Waals surface area contributed by atoms with Crippen molar-refractivity contribution in [2.24, 2.45) is 5.10 Å². The number of rotatable bonds is 10. The van der Waals surface area contributed by atoms with Crippen LogP contribution < -0.4 is 25.1 Å². The number of hydrogen-bond acceptors (Lipinski definition) is 7. The van der Waals surface area contributed by atoms with Crippen LogP contribution in [0, 0.1) is 0 Å². The van der Waals surface area contributed by atoms with Crippen molar-refractivity contribution in [2.75, 3.05) is 26.1 Å². The predicted octanol–water partition coefficient (Wildman–Crippen LogP) is 5.56. The van der Waals surface area contributed by atoms with Crippen LogP contribution in [0.2, 0.25) is 5.02 Å². The van der Waals surface area contributed by atoms with E-state index in [0.717, 1.165) is 5.69 Å². The summed E-state index contributed by atoms with van der Waals surface area (Å²) in [5.74, 6) is -1.25. The zero-order valence-electron chi connectivity index (χ0n) is 23.7. The highest BCUT2D eigenvalue weighted by Gasteiger charge is 2.16. The predicted molar refractivity (Wildman–Crippen MR) is 168 cm³/mol. The smallest absolute Gasteiger partial charge is 0.345 e. The summed E-state index contributed by atoms with van der Waals surface area (Å²) in [6, 6.07) is 27.4. The van der Waals surface area contributed by atoms with Gasteiger partial charge in [-0.1, -0.05) is 54.1 Å². The molecule has 4 aromatic rings. The Kier molecular flexibility index (Phi) is 10.3. The van der Waals surface area contributed by atoms with Gasteiger partial charge < -0.3 is 19.7 Å². The lowest BCUT2D eigenvalue weighted by Gasteiger charge is -2.13. The Morgan fingerprint density at radius 2 is 1.51 bits per heavy atom. The molecule has 0 aromatic heterocycles. The van der Waals surface area contributed by atoms with E-state index < -0.39 is 17.8 Å². The van der Waals surface area contributed by atoms with E-state index in [1.54, 1.807) is 78.9 Å². The largest absolute Gasteiger partial charge is 0.493 e. The highest BCUT2D eigenvalue weighted by atomic mass is 35.5. The molecule has 0 bridgehead atoms. The van der Waals surface area contributed by atoms with Crippen molar-refractivity contribution in [1.29, 1.82) is 0 Å². The molecule has 0 radical (unpaired) electrons. The Morgan fingerprint density at radius 1 is 0.837 bits per heavy atom. The maximum Gasteiger partial charge on any atom is 0.345 e. The van der Waals surface area contributed by atoms with Gasteiger partial charge in [0.25, 0.3) is 11.8 Å². The third-order valence-electron chi connectivity index (χ3n) is 6.11. The first kappa shape index (κ1) is 30.5. The van der Waals surface area contributed by atoms with E-state index in [1.807, 2.05) is 43.3 Å². The Hall–Kier alpha value is -5.41. The molecule has 43 heavy (non-hydrogen) atoms. The second kappa shape index (κ2) is 14.5. The first-order valence-electron chi connectivity index (χ1n) is 13.1. The molecule has 4 aromatic carbocycles. The molecule has 2 amide bonds. The number of hydrogen-bond donors (Lipinski definition) is 2. The third-order valence-corrected chi connectivity index (χ3v) is 6.44. The van der Waals surface area contributed by atoms with Gasteiger partial charge in [0.05, 0.1) is 23.9 Å². The third kappa shape index (κ3) is 8.31. The number of methoxy groups -OCH3 is 1. The van der Waals surface area contributed by atoms with Gasteiger partial charge in [0.15, 0.2) is 11.5 Å². The summed E-state index contributed by atoms with van der Waals surface area (Å²) in [4.78, 5) is 40.5. The fraction of sp³-hybridized carbons (Fsp3) is 0.0909. The van der Waals surface area contributed by atoms with Crippen molar-refractivity contribution in [2.45, 2.75) is 0 Å². The van der Waals surface area contributed by atoms with E-state index in [4.69, 9.17) is 21.1 Å². The highest BCUT2D eigenvalue weighted by Crippen LogP contribution is 2.29. The SMILES string of the molecule is COc1cc(C=NNC(=O)C(=Cc2ccc(N(C)C)cc2)NC(=O)c2ccccc2)ccc1OC(=O)c1ccccc1Cl. The second-order valence-electron chi connectivity index (χ2n) is 9.34. The summed E-state index contributed by atoms with van der Waals surface area (Å²) >= 11 is 6.10. The minimum absolute atomic E-state index is 0.00280. The van der Waals surface area contributed by atoms with E-state index in [1.165, 1.54) is 13.3 Å². The van der Waals surface area contributed by atoms with Crippen molar-refractivity contribution in [3.8, 4) is 11.5 Å². The van der Waals surface area contributed by atoms with Gasteiger partial charge in [-0.2, -0.15) is 5.10 Å². The minimum atomic E-state index is -0.634. The number of amides is 2. The van der Waals surface area contributed by atoms with Gasteiger partial charge in [-0.05, 0) is 71.8 Å². The van der Waals surface area contributed by atoms with Crippen LogP contribution in [0.1, 0.15) is 31.8 Å². The molecule has 2 N–H and O–H groups in total. The Labute approximate surface area is 254 Å². The number of halogens is 1. The maximum atomic E-state index is 13.1. The Morgan fingerprint density at radius 3 is 2.19 bits per heavy atom. The fourth-order valence-electron chi connectivity index (χ4n) is 3.83. The number of benzene rings is 4. The average molecular weight is 597 g/mol. The number of hydrazone groups is 1. The molecule has 0 atom stereocenters. The van der Waals surface area contributed by atoms with Crippen molar-refractivity contribution < 1.29 is 23.9 Å². The molecule has 10 heteroatoms. The number of nitrogens with zero attached hydrogens (tertiary/aromatic N) is 2. The Balaban J connectivity index is 1.49. The number of esters is 1. The molecule has 0 aliphatic rings. The lowest BCUT2D eigenvalue weighted by Crippen LogP contribution is -2.32. The van der Waals surface area contributed by atoms with Crippen LogP contribution in [0.5, 0.6) is 11.5 Å². The van der Waals surface area contributed by atoms with Gasteiger partial charge in [-0.25, -0.2) is 10.2 Å². The highest BCUT2D eigenvalue weighted by molar-refractivity contribution is 6.33. The van der Waals surface area contributed by atoms with Crippen LogP contribution >= 0.6 is 11.6 Å². The van der Waals surface area contributed by atoms with Crippen molar-refractivity contribution in [3.63, 3.8) is 0 Å². The summed E-state index contributed by atoms with van der Waals surface area (Å²) in [6.45, 7) is 0. The molecule has 0 aliphatic heterocycles. The molecular formula is C33H29ClN4O5. The van der Waals surface area contributed by atoms with Crippen LogP contribution in [0.25, 0.3) is 6.08 Å². The number of ether oxygens (including phenoxy) is 2. The molecular weight excluding hydrogens is 568 g/mol. The summed E-state index contributed by atoms with van der Waals surface area (Å²) in [7, 11) is 5.29. The summed E-state index contributed by atoms with van der Waals surface area (Å²) in [6.07, 6.45) is 2.96. The summed E-state index contributed by atoms with van der Waals surface area (Å²) in [5.41, 5.74) is 5.31. The van der Waals surface area contributed by atoms with Gasteiger partial charge in [-0.3, -0.25) is 9.59 Å².